The van der Waals surface area contributed by atoms with Crippen LogP contribution >= 0.6 is 0 Å². The summed E-state index contributed by atoms with van der Waals surface area (Å²) in [4.78, 5) is 20.4. The van der Waals surface area contributed by atoms with Crippen molar-refractivity contribution in [2.45, 2.75) is 0 Å². The van der Waals surface area contributed by atoms with Crippen molar-refractivity contribution in [3.63, 3.8) is 0 Å². The Hall–Kier alpha value is -2.95. The molecule has 0 saturated heterocycles. The summed E-state index contributed by atoms with van der Waals surface area (Å²) in [7, 11) is 0. The van der Waals surface area contributed by atoms with Crippen molar-refractivity contribution in [2.75, 3.05) is 11.1 Å². The molecule has 20 heavy (non-hydrogen) atoms. The van der Waals surface area contributed by atoms with Gasteiger partial charge in [-0.25, -0.2) is 0 Å². The van der Waals surface area contributed by atoms with E-state index in [-0.39, 0.29) is 5.91 Å². The molecule has 1 aromatic carbocycles. The molecule has 0 aliphatic heterocycles. The van der Waals surface area contributed by atoms with Gasteiger partial charge in [-0.1, -0.05) is 0 Å². The fourth-order valence-corrected chi connectivity index (χ4v) is 2.00. The Balaban J connectivity index is 2.00. The zero-order valence-electron chi connectivity index (χ0n) is 10.6. The fraction of sp³-hybridized carbons (Fsp3) is 0. The summed E-state index contributed by atoms with van der Waals surface area (Å²) in [5.41, 5.74) is 7.40. The van der Waals surface area contributed by atoms with Crippen molar-refractivity contribution >= 4 is 28.1 Å². The highest BCUT2D eigenvalue weighted by atomic mass is 16.1. The van der Waals surface area contributed by atoms with Crippen LogP contribution in [0.3, 0.4) is 0 Å². The summed E-state index contributed by atoms with van der Waals surface area (Å²) in [5.74, 6) is -0.270. The van der Waals surface area contributed by atoms with Crippen LogP contribution in [-0.2, 0) is 0 Å². The molecule has 0 unspecified atom stereocenters. The van der Waals surface area contributed by atoms with Crippen LogP contribution in [0.4, 0.5) is 11.4 Å². The second-order valence-electron chi connectivity index (χ2n) is 4.34. The van der Waals surface area contributed by atoms with Crippen LogP contribution in [0.2, 0.25) is 0 Å². The standard InChI is InChI=1S/C15H12N4O/c16-11-3-4-13-10(8-11)5-7-18-14(13)15(20)19-12-2-1-6-17-9-12/h1-9H,16H2,(H,19,20). The van der Waals surface area contributed by atoms with E-state index in [0.717, 1.165) is 10.8 Å². The van der Waals surface area contributed by atoms with Gasteiger partial charge in [-0.2, -0.15) is 0 Å². The first-order valence-electron chi connectivity index (χ1n) is 6.10. The summed E-state index contributed by atoms with van der Waals surface area (Å²) in [6, 6.07) is 10.7. The Morgan fingerprint density at radius 1 is 1.15 bits per heavy atom. The van der Waals surface area contributed by atoms with Gasteiger partial charge < -0.3 is 11.1 Å². The van der Waals surface area contributed by atoms with E-state index in [4.69, 9.17) is 5.73 Å². The molecule has 2 heterocycles. The van der Waals surface area contributed by atoms with E-state index in [1.165, 1.54) is 0 Å². The third kappa shape index (κ3) is 2.29. The van der Waals surface area contributed by atoms with Crippen LogP contribution in [0.1, 0.15) is 10.5 Å². The largest absolute Gasteiger partial charge is 0.399 e. The summed E-state index contributed by atoms with van der Waals surface area (Å²) in [5, 5.41) is 4.42. The van der Waals surface area contributed by atoms with E-state index in [0.29, 0.717) is 17.1 Å². The smallest absolute Gasteiger partial charge is 0.274 e. The van der Waals surface area contributed by atoms with Crippen LogP contribution in [0, 0.1) is 0 Å². The molecule has 0 fully saturated rings. The van der Waals surface area contributed by atoms with Gasteiger partial charge >= 0.3 is 0 Å². The van der Waals surface area contributed by atoms with E-state index >= 15 is 0 Å². The van der Waals surface area contributed by atoms with Crippen molar-refractivity contribution in [1.29, 1.82) is 0 Å². The summed E-state index contributed by atoms with van der Waals surface area (Å²) in [6.07, 6.45) is 4.83. The number of anilines is 2. The molecule has 0 spiro atoms. The lowest BCUT2D eigenvalue weighted by Crippen LogP contribution is -2.14. The third-order valence-electron chi connectivity index (χ3n) is 2.92. The molecule has 1 amide bonds. The van der Waals surface area contributed by atoms with Crippen LogP contribution in [0.5, 0.6) is 0 Å². The Bertz CT molecular complexity index is 771. The SMILES string of the molecule is Nc1ccc2c(C(=O)Nc3cccnc3)nccc2c1. The quantitative estimate of drug-likeness (QED) is 0.697. The highest BCUT2D eigenvalue weighted by Crippen LogP contribution is 2.20. The highest BCUT2D eigenvalue weighted by Gasteiger charge is 2.12. The topological polar surface area (TPSA) is 80.9 Å². The first-order chi connectivity index (χ1) is 9.74. The molecule has 0 saturated carbocycles. The molecule has 3 N–H and O–H groups in total. The number of nitrogen functional groups attached to an aromatic ring is 1. The Kier molecular flexibility index (Phi) is 3.01. The number of benzene rings is 1. The minimum Gasteiger partial charge on any atom is -0.399 e. The van der Waals surface area contributed by atoms with Crippen molar-refractivity contribution < 1.29 is 4.79 Å². The zero-order valence-corrected chi connectivity index (χ0v) is 10.6. The number of nitrogens with zero attached hydrogens (tertiary/aromatic N) is 2. The molecule has 5 nitrogen and oxygen atoms in total. The van der Waals surface area contributed by atoms with Gasteiger partial charge in [-0.05, 0) is 41.8 Å². The lowest BCUT2D eigenvalue weighted by molar-refractivity contribution is 0.102. The molecule has 0 aliphatic carbocycles. The molecule has 3 aromatic rings. The van der Waals surface area contributed by atoms with E-state index in [9.17, 15) is 4.79 Å². The average molecular weight is 264 g/mol. The van der Waals surface area contributed by atoms with Gasteiger partial charge in [0.25, 0.3) is 5.91 Å². The lowest BCUT2D eigenvalue weighted by atomic mass is 10.1. The van der Waals surface area contributed by atoms with E-state index in [2.05, 4.69) is 15.3 Å². The number of fused-ring (bicyclic) bond motifs is 1. The maximum Gasteiger partial charge on any atom is 0.274 e. The monoisotopic (exact) mass is 264 g/mol. The van der Waals surface area contributed by atoms with Gasteiger partial charge in [0.2, 0.25) is 0 Å². The van der Waals surface area contributed by atoms with Gasteiger partial charge in [-0.3, -0.25) is 14.8 Å². The van der Waals surface area contributed by atoms with Gasteiger partial charge in [-0.15, -0.1) is 0 Å². The Labute approximate surface area is 115 Å². The number of aromatic nitrogens is 2. The number of rotatable bonds is 2. The van der Waals surface area contributed by atoms with Gasteiger partial charge in [0.05, 0.1) is 11.9 Å². The zero-order chi connectivity index (χ0) is 13.9. The number of nitrogens with two attached hydrogens (primary N) is 1. The molecule has 0 radical (unpaired) electrons. The maximum atomic E-state index is 12.3. The third-order valence-corrected chi connectivity index (χ3v) is 2.92. The Morgan fingerprint density at radius 2 is 2.05 bits per heavy atom. The van der Waals surface area contributed by atoms with Gasteiger partial charge in [0, 0.05) is 23.5 Å². The van der Waals surface area contributed by atoms with Crippen molar-refractivity contribution in [1.82, 2.24) is 9.97 Å². The fourth-order valence-electron chi connectivity index (χ4n) is 2.00. The summed E-state index contributed by atoms with van der Waals surface area (Å²) in [6.45, 7) is 0. The van der Waals surface area contributed by atoms with Crippen molar-refractivity contribution in [3.05, 3.63) is 60.7 Å². The number of nitrogens with one attached hydrogen (secondary N) is 1. The molecule has 5 heteroatoms. The predicted molar refractivity (Wildman–Crippen MR) is 78.3 cm³/mol. The molecular weight excluding hydrogens is 252 g/mol. The summed E-state index contributed by atoms with van der Waals surface area (Å²) >= 11 is 0. The van der Waals surface area contributed by atoms with Crippen molar-refractivity contribution in [3.8, 4) is 0 Å². The van der Waals surface area contributed by atoms with Gasteiger partial charge in [0.15, 0.2) is 0 Å². The van der Waals surface area contributed by atoms with E-state index < -0.39 is 0 Å². The first kappa shape index (κ1) is 12.1. The molecule has 0 aliphatic rings. The second kappa shape index (κ2) is 4.97. The molecular formula is C15H12N4O. The van der Waals surface area contributed by atoms with E-state index in [1.54, 1.807) is 42.9 Å². The van der Waals surface area contributed by atoms with E-state index in [1.807, 2.05) is 12.1 Å². The Morgan fingerprint density at radius 3 is 2.85 bits per heavy atom. The number of pyridine rings is 2. The molecule has 0 bridgehead atoms. The normalized spacial score (nSPS) is 10.4. The molecule has 2 aromatic heterocycles. The van der Waals surface area contributed by atoms with Crippen LogP contribution < -0.4 is 11.1 Å². The van der Waals surface area contributed by atoms with Crippen LogP contribution in [0.15, 0.2) is 55.0 Å². The minimum absolute atomic E-state index is 0.270. The highest BCUT2D eigenvalue weighted by molar-refractivity contribution is 6.11. The lowest BCUT2D eigenvalue weighted by Gasteiger charge is -2.07. The molecule has 3 rings (SSSR count). The number of carbonyl (C=O) groups is 1. The van der Waals surface area contributed by atoms with Crippen molar-refractivity contribution in [2.24, 2.45) is 0 Å². The maximum absolute atomic E-state index is 12.3. The predicted octanol–water partition coefficient (Wildman–Crippen LogP) is 2.46. The summed E-state index contributed by atoms with van der Waals surface area (Å²) < 4.78 is 0. The number of amides is 1. The number of hydrogen-bond donors (Lipinski definition) is 2. The molecule has 98 valence electrons. The second-order valence-corrected chi connectivity index (χ2v) is 4.34. The van der Waals surface area contributed by atoms with Crippen LogP contribution in [0.25, 0.3) is 10.8 Å². The van der Waals surface area contributed by atoms with Crippen LogP contribution in [-0.4, -0.2) is 15.9 Å². The molecule has 0 atom stereocenters. The minimum atomic E-state index is -0.270. The van der Waals surface area contributed by atoms with Gasteiger partial charge in [0.1, 0.15) is 5.69 Å². The number of hydrogen-bond acceptors (Lipinski definition) is 4. The number of carbonyl (C=O) groups excluding carboxylic acids is 1. The average Bonchev–Trinajstić information content (AvgIpc) is 2.47. The first-order valence-corrected chi connectivity index (χ1v) is 6.10.